The van der Waals surface area contributed by atoms with Crippen LogP contribution in [0.15, 0.2) is 25.3 Å². The average Bonchev–Trinajstić information content (AvgIpc) is 3.39. The maximum Gasteiger partial charge on any atom is 0.246 e. The van der Waals surface area contributed by atoms with E-state index in [1.165, 1.54) is 0 Å². The summed E-state index contributed by atoms with van der Waals surface area (Å²) in [5, 5.41) is 5.34. The number of amides is 4. The second-order valence-corrected chi connectivity index (χ2v) is 7.53. The van der Waals surface area contributed by atoms with Crippen molar-refractivity contribution in [2.24, 2.45) is 0 Å². The summed E-state index contributed by atoms with van der Waals surface area (Å²) in [5.41, 5.74) is 0. The van der Waals surface area contributed by atoms with Gasteiger partial charge in [0.15, 0.2) is 0 Å². The van der Waals surface area contributed by atoms with Gasteiger partial charge in [-0.05, 0) is 39.0 Å². The van der Waals surface area contributed by atoms with Crippen LogP contribution in [0, 0.1) is 0 Å². The van der Waals surface area contributed by atoms with Crippen molar-refractivity contribution in [3.8, 4) is 0 Å². The Kier molecular flexibility index (Phi) is 8.42. The summed E-state index contributed by atoms with van der Waals surface area (Å²) < 4.78 is 0. The van der Waals surface area contributed by atoms with Crippen molar-refractivity contribution >= 4 is 23.6 Å². The maximum atomic E-state index is 13.2. The van der Waals surface area contributed by atoms with E-state index < -0.39 is 18.1 Å². The predicted molar refractivity (Wildman–Crippen MR) is 110 cm³/mol. The second-order valence-electron chi connectivity index (χ2n) is 7.53. The van der Waals surface area contributed by atoms with Gasteiger partial charge < -0.3 is 20.4 Å². The Balaban J connectivity index is 1.99. The SMILES string of the molecule is C=CCCC(=O)N1CCC[C@@H]1C(=O)N1CCC[C@H]1C(=O)N[C@@H](C)C(=O)NCC=C. The molecule has 2 saturated heterocycles. The molecule has 2 aliphatic heterocycles. The molecule has 2 heterocycles. The lowest BCUT2D eigenvalue weighted by molar-refractivity contribution is -0.146. The molecule has 0 aromatic rings. The topological polar surface area (TPSA) is 98.8 Å². The Morgan fingerprint density at radius 3 is 2.34 bits per heavy atom. The van der Waals surface area contributed by atoms with Gasteiger partial charge in [0.2, 0.25) is 23.6 Å². The van der Waals surface area contributed by atoms with Crippen LogP contribution in [0.2, 0.25) is 0 Å². The molecule has 0 spiro atoms. The number of hydrogen-bond donors (Lipinski definition) is 2. The van der Waals surface area contributed by atoms with E-state index in [1.54, 1.807) is 28.9 Å². The summed E-state index contributed by atoms with van der Waals surface area (Å²) >= 11 is 0. The molecule has 160 valence electrons. The normalized spacial score (nSPS) is 22.1. The van der Waals surface area contributed by atoms with Crippen LogP contribution >= 0.6 is 0 Å². The van der Waals surface area contributed by atoms with E-state index in [0.717, 1.165) is 12.8 Å². The predicted octanol–water partition coefficient (Wildman–Crippen LogP) is 0.742. The first-order valence-electron chi connectivity index (χ1n) is 10.3. The number of allylic oxidation sites excluding steroid dienone is 1. The van der Waals surface area contributed by atoms with Crippen molar-refractivity contribution in [1.82, 2.24) is 20.4 Å². The van der Waals surface area contributed by atoms with E-state index in [9.17, 15) is 19.2 Å². The molecule has 0 bridgehead atoms. The van der Waals surface area contributed by atoms with Gasteiger partial charge in [0.05, 0.1) is 0 Å². The number of hydrogen-bond acceptors (Lipinski definition) is 4. The Hall–Kier alpha value is -2.64. The summed E-state index contributed by atoms with van der Waals surface area (Å²) in [6, 6.07) is -1.82. The van der Waals surface area contributed by atoms with Crippen LogP contribution in [0.5, 0.6) is 0 Å². The van der Waals surface area contributed by atoms with E-state index in [4.69, 9.17) is 0 Å². The van der Waals surface area contributed by atoms with Crippen molar-refractivity contribution in [3.63, 3.8) is 0 Å². The number of likely N-dealkylation sites (tertiary alicyclic amines) is 2. The van der Waals surface area contributed by atoms with E-state index in [0.29, 0.717) is 45.3 Å². The quantitative estimate of drug-likeness (QED) is 0.554. The molecule has 8 heteroatoms. The first-order chi connectivity index (χ1) is 13.9. The van der Waals surface area contributed by atoms with Crippen LogP contribution in [-0.2, 0) is 19.2 Å². The molecule has 0 aromatic carbocycles. The second kappa shape index (κ2) is 10.8. The van der Waals surface area contributed by atoms with Crippen molar-refractivity contribution in [1.29, 1.82) is 0 Å². The molecule has 0 aliphatic carbocycles. The molecule has 29 heavy (non-hydrogen) atoms. The average molecular weight is 405 g/mol. The molecule has 8 nitrogen and oxygen atoms in total. The van der Waals surface area contributed by atoms with Crippen molar-refractivity contribution < 1.29 is 19.2 Å². The lowest BCUT2D eigenvalue weighted by atomic mass is 10.1. The van der Waals surface area contributed by atoms with Gasteiger partial charge in [-0.2, -0.15) is 0 Å². The molecule has 0 radical (unpaired) electrons. The molecule has 3 atom stereocenters. The zero-order valence-corrected chi connectivity index (χ0v) is 17.2. The third kappa shape index (κ3) is 5.68. The molecule has 2 fully saturated rings. The number of carbonyl (C=O) groups is 4. The zero-order chi connectivity index (χ0) is 21.4. The number of nitrogens with zero attached hydrogens (tertiary/aromatic N) is 2. The highest BCUT2D eigenvalue weighted by molar-refractivity contribution is 5.94. The lowest BCUT2D eigenvalue weighted by Gasteiger charge is -2.31. The number of nitrogens with one attached hydrogen (secondary N) is 2. The smallest absolute Gasteiger partial charge is 0.246 e. The lowest BCUT2D eigenvalue weighted by Crippen LogP contribution is -2.55. The first-order valence-corrected chi connectivity index (χ1v) is 10.3. The van der Waals surface area contributed by atoms with Crippen LogP contribution < -0.4 is 10.6 Å². The Morgan fingerprint density at radius 1 is 1.03 bits per heavy atom. The summed E-state index contributed by atoms with van der Waals surface area (Å²) in [6.07, 6.45) is 6.84. The largest absolute Gasteiger partial charge is 0.351 e. The molecule has 0 unspecified atom stereocenters. The Bertz CT molecular complexity index is 663. The van der Waals surface area contributed by atoms with Gasteiger partial charge in [0, 0.05) is 26.1 Å². The minimum atomic E-state index is -0.705. The summed E-state index contributed by atoms with van der Waals surface area (Å²) in [7, 11) is 0. The van der Waals surface area contributed by atoms with Gasteiger partial charge in [0.1, 0.15) is 18.1 Å². The van der Waals surface area contributed by atoms with Crippen LogP contribution in [0.4, 0.5) is 0 Å². The molecule has 0 saturated carbocycles. The fourth-order valence-electron chi connectivity index (χ4n) is 3.89. The van der Waals surface area contributed by atoms with E-state index in [1.807, 2.05) is 0 Å². The van der Waals surface area contributed by atoms with Gasteiger partial charge in [-0.15, -0.1) is 13.2 Å². The van der Waals surface area contributed by atoms with E-state index in [2.05, 4.69) is 23.8 Å². The number of rotatable bonds is 9. The molecular weight excluding hydrogens is 372 g/mol. The zero-order valence-electron chi connectivity index (χ0n) is 17.2. The van der Waals surface area contributed by atoms with Crippen molar-refractivity contribution in [3.05, 3.63) is 25.3 Å². The minimum absolute atomic E-state index is 0.0477. The Morgan fingerprint density at radius 2 is 1.69 bits per heavy atom. The van der Waals surface area contributed by atoms with Crippen molar-refractivity contribution in [2.75, 3.05) is 19.6 Å². The van der Waals surface area contributed by atoms with Gasteiger partial charge in [-0.25, -0.2) is 0 Å². The van der Waals surface area contributed by atoms with Crippen LogP contribution in [0.1, 0.15) is 45.4 Å². The van der Waals surface area contributed by atoms with Gasteiger partial charge in [0.25, 0.3) is 0 Å². The maximum absolute atomic E-state index is 13.2. The summed E-state index contributed by atoms with van der Waals surface area (Å²) in [5.74, 6) is -0.854. The molecule has 4 amide bonds. The molecular formula is C21H32N4O4. The molecule has 0 aromatic heterocycles. The highest BCUT2D eigenvalue weighted by Gasteiger charge is 2.42. The first kappa shape index (κ1) is 22.6. The van der Waals surface area contributed by atoms with Crippen molar-refractivity contribution in [2.45, 2.75) is 63.6 Å². The van der Waals surface area contributed by atoms with Crippen LogP contribution in [0.3, 0.4) is 0 Å². The number of carbonyl (C=O) groups excluding carboxylic acids is 4. The van der Waals surface area contributed by atoms with Crippen LogP contribution in [-0.4, -0.2) is 71.2 Å². The van der Waals surface area contributed by atoms with Gasteiger partial charge in [-0.1, -0.05) is 12.2 Å². The fourth-order valence-corrected chi connectivity index (χ4v) is 3.89. The molecule has 2 aliphatic rings. The highest BCUT2D eigenvalue weighted by Crippen LogP contribution is 2.25. The summed E-state index contributed by atoms with van der Waals surface area (Å²) in [6.45, 7) is 10.2. The van der Waals surface area contributed by atoms with E-state index >= 15 is 0 Å². The third-order valence-corrected chi connectivity index (χ3v) is 5.43. The van der Waals surface area contributed by atoms with E-state index in [-0.39, 0.29) is 23.6 Å². The van der Waals surface area contributed by atoms with Crippen LogP contribution in [0.25, 0.3) is 0 Å². The third-order valence-electron chi connectivity index (χ3n) is 5.43. The van der Waals surface area contributed by atoms with Gasteiger partial charge >= 0.3 is 0 Å². The summed E-state index contributed by atoms with van der Waals surface area (Å²) in [4.78, 5) is 53.5. The molecule has 2 rings (SSSR count). The highest BCUT2D eigenvalue weighted by atomic mass is 16.2. The fraction of sp³-hybridized carbons (Fsp3) is 0.619. The minimum Gasteiger partial charge on any atom is -0.351 e. The van der Waals surface area contributed by atoms with Gasteiger partial charge in [-0.3, -0.25) is 19.2 Å². The monoisotopic (exact) mass is 404 g/mol. The standard InChI is InChI=1S/C21H32N4O4/c1-4-6-11-18(26)24-13-8-10-17(24)21(29)25-14-7-9-16(25)20(28)23-15(3)19(27)22-12-5-2/h4-5,15-17H,1-2,6-14H2,3H3,(H,22,27)(H,23,28)/t15-,16-,17+/m0/s1. The Labute approximate surface area is 172 Å². The molecule has 2 N–H and O–H groups in total.